The van der Waals surface area contributed by atoms with Crippen molar-refractivity contribution in [3.05, 3.63) is 29.3 Å². The molecule has 0 aromatic heterocycles. The maximum atomic E-state index is 12.7. The largest absolute Gasteiger partial charge is 0.497 e. The van der Waals surface area contributed by atoms with E-state index < -0.39 is 11.3 Å². The van der Waals surface area contributed by atoms with Gasteiger partial charge in [-0.1, -0.05) is 6.07 Å². The van der Waals surface area contributed by atoms with Crippen molar-refractivity contribution in [2.24, 2.45) is 11.1 Å². The molecule has 1 spiro atoms. The summed E-state index contributed by atoms with van der Waals surface area (Å²) in [7, 11) is 1.67. The average Bonchev–Trinajstić information content (AvgIpc) is 3.44. The third kappa shape index (κ3) is 2.51. The number of benzene rings is 1. The Balaban J connectivity index is 1.53. The topological polar surface area (TPSA) is 81.9 Å². The summed E-state index contributed by atoms with van der Waals surface area (Å²) in [4.78, 5) is 26.1. The summed E-state index contributed by atoms with van der Waals surface area (Å²) in [5.74, 6) is 0.283. The number of ether oxygens (including phenoxy) is 2. The predicted octanol–water partition coefficient (Wildman–Crippen LogP) is 1.35. The van der Waals surface area contributed by atoms with Crippen molar-refractivity contribution in [2.45, 2.75) is 37.7 Å². The van der Waals surface area contributed by atoms with Gasteiger partial charge in [-0.15, -0.1) is 0 Å². The summed E-state index contributed by atoms with van der Waals surface area (Å²) in [5, 5.41) is 0. The molecule has 4 rings (SSSR count). The highest BCUT2D eigenvalue weighted by molar-refractivity contribution is 6.07. The molecule has 1 saturated carbocycles. The first-order chi connectivity index (χ1) is 12.0. The van der Waals surface area contributed by atoms with Gasteiger partial charge in [0.25, 0.3) is 0 Å². The number of hydrogen-bond acceptors (Lipinski definition) is 4. The van der Waals surface area contributed by atoms with E-state index in [1.807, 2.05) is 6.07 Å². The Morgan fingerprint density at radius 2 is 1.92 bits per heavy atom. The number of primary amides is 1. The fraction of sp³-hybridized carbons (Fsp3) is 0.579. The van der Waals surface area contributed by atoms with Gasteiger partial charge in [0.1, 0.15) is 11.2 Å². The van der Waals surface area contributed by atoms with Crippen molar-refractivity contribution in [1.29, 1.82) is 0 Å². The van der Waals surface area contributed by atoms with E-state index in [0.29, 0.717) is 32.5 Å². The molecule has 25 heavy (non-hydrogen) atoms. The summed E-state index contributed by atoms with van der Waals surface area (Å²) in [6.45, 7) is 1.87. The van der Waals surface area contributed by atoms with Crippen LogP contribution in [0.15, 0.2) is 18.2 Å². The number of hydrogen-bond donors (Lipinski definition) is 1. The molecular formula is C19H24N2O4. The van der Waals surface area contributed by atoms with Crippen LogP contribution in [0.4, 0.5) is 0 Å². The van der Waals surface area contributed by atoms with Gasteiger partial charge in [0.15, 0.2) is 0 Å². The van der Waals surface area contributed by atoms with E-state index in [0.717, 1.165) is 25.0 Å². The Kier molecular flexibility index (Phi) is 3.76. The first kappa shape index (κ1) is 16.4. The number of fused-ring (bicyclic) bond motifs is 2. The van der Waals surface area contributed by atoms with Crippen LogP contribution in [0.5, 0.6) is 5.75 Å². The van der Waals surface area contributed by atoms with Crippen molar-refractivity contribution >= 4 is 11.8 Å². The van der Waals surface area contributed by atoms with Crippen molar-refractivity contribution in [3.63, 3.8) is 0 Å². The van der Waals surface area contributed by atoms with E-state index in [9.17, 15) is 9.59 Å². The molecule has 0 radical (unpaired) electrons. The summed E-state index contributed by atoms with van der Waals surface area (Å²) in [6.07, 6.45) is 3.53. The lowest BCUT2D eigenvalue weighted by atomic mass is 9.79. The molecule has 2 heterocycles. The number of likely N-dealkylation sites (tertiary alicyclic amines) is 1. The number of piperidine rings is 1. The molecule has 1 saturated heterocycles. The number of carbonyl (C=O) groups excluding carboxylic acids is 2. The van der Waals surface area contributed by atoms with Gasteiger partial charge in [0, 0.05) is 13.1 Å². The molecule has 2 amide bonds. The SMILES string of the molecule is COc1ccc2c(c1)CCOC21CCN(C(=O)C2(C(N)=O)CC2)CC1. The Morgan fingerprint density at radius 3 is 2.52 bits per heavy atom. The molecular weight excluding hydrogens is 320 g/mol. The molecule has 3 aliphatic rings. The smallest absolute Gasteiger partial charge is 0.238 e. The van der Waals surface area contributed by atoms with Crippen molar-refractivity contribution in [2.75, 3.05) is 26.8 Å². The first-order valence-electron chi connectivity index (χ1n) is 8.91. The number of rotatable bonds is 3. The molecule has 0 bridgehead atoms. The highest BCUT2D eigenvalue weighted by Gasteiger charge is 2.57. The van der Waals surface area contributed by atoms with Crippen molar-refractivity contribution < 1.29 is 19.1 Å². The summed E-state index contributed by atoms with van der Waals surface area (Å²) in [6, 6.07) is 6.15. The third-order valence-electron chi connectivity index (χ3n) is 6.04. The average molecular weight is 344 g/mol. The maximum Gasteiger partial charge on any atom is 0.238 e. The van der Waals surface area contributed by atoms with Crippen molar-refractivity contribution in [3.8, 4) is 5.75 Å². The van der Waals surface area contributed by atoms with Crippen LogP contribution in [0.25, 0.3) is 0 Å². The number of carbonyl (C=O) groups is 2. The zero-order valence-electron chi connectivity index (χ0n) is 14.5. The van der Waals surface area contributed by atoms with Crippen LogP contribution in [-0.2, 0) is 26.3 Å². The monoisotopic (exact) mass is 344 g/mol. The molecule has 2 aliphatic heterocycles. The molecule has 6 nitrogen and oxygen atoms in total. The number of methoxy groups -OCH3 is 1. The van der Waals surface area contributed by atoms with E-state index in [2.05, 4.69) is 12.1 Å². The normalized spacial score (nSPS) is 23.0. The standard InChI is InChI=1S/C19H24N2O4/c1-24-14-2-3-15-13(12-14)4-11-25-19(15)7-9-21(10-8-19)17(23)18(5-6-18)16(20)22/h2-3,12H,4-11H2,1H3,(H2,20,22). The zero-order valence-corrected chi connectivity index (χ0v) is 14.5. The van der Waals surface area contributed by atoms with Crippen LogP contribution >= 0.6 is 0 Å². The van der Waals surface area contributed by atoms with Crippen LogP contribution < -0.4 is 10.5 Å². The molecule has 1 aromatic rings. The van der Waals surface area contributed by atoms with Gasteiger partial charge in [0.05, 0.1) is 19.3 Å². The minimum Gasteiger partial charge on any atom is -0.497 e. The molecule has 1 aromatic carbocycles. The Bertz CT molecular complexity index is 718. The lowest BCUT2D eigenvalue weighted by Crippen LogP contribution is -2.51. The lowest BCUT2D eigenvalue weighted by Gasteiger charge is -2.45. The van der Waals surface area contributed by atoms with E-state index in [1.165, 1.54) is 11.1 Å². The van der Waals surface area contributed by atoms with Crippen LogP contribution in [0.1, 0.15) is 36.8 Å². The van der Waals surface area contributed by atoms with E-state index in [1.54, 1.807) is 12.0 Å². The third-order valence-corrected chi connectivity index (χ3v) is 6.04. The molecule has 134 valence electrons. The number of amides is 2. The minimum atomic E-state index is -0.927. The minimum absolute atomic E-state index is 0.0967. The lowest BCUT2D eigenvalue weighted by molar-refractivity contribution is -0.149. The van der Waals surface area contributed by atoms with Crippen LogP contribution in [0.2, 0.25) is 0 Å². The van der Waals surface area contributed by atoms with E-state index in [-0.39, 0.29) is 11.5 Å². The fourth-order valence-electron chi connectivity index (χ4n) is 4.26. The first-order valence-corrected chi connectivity index (χ1v) is 8.91. The number of nitrogens with zero attached hydrogens (tertiary/aromatic N) is 1. The molecule has 2 fully saturated rings. The highest BCUT2D eigenvalue weighted by atomic mass is 16.5. The summed E-state index contributed by atoms with van der Waals surface area (Å²) < 4.78 is 11.5. The molecule has 2 N–H and O–H groups in total. The van der Waals surface area contributed by atoms with Gasteiger partial charge in [-0.2, -0.15) is 0 Å². The second-order valence-electron chi connectivity index (χ2n) is 7.35. The van der Waals surface area contributed by atoms with Crippen LogP contribution in [0, 0.1) is 5.41 Å². The summed E-state index contributed by atoms with van der Waals surface area (Å²) in [5.41, 5.74) is 6.66. The van der Waals surface area contributed by atoms with Crippen LogP contribution in [0.3, 0.4) is 0 Å². The second kappa shape index (κ2) is 5.73. The van der Waals surface area contributed by atoms with Gasteiger partial charge in [-0.05, 0) is 55.4 Å². The summed E-state index contributed by atoms with van der Waals surface area (Å²) >= 11 is 0. The second-order valence-corrected chi connectivity index (χ2v) is 7.35. The highest BCUT2D eigenvalue weighted by Crippen LogP contribution is 2.49. The van der Waals surface area contributed by atoms with Gasteiger partial charge in [-0.25, -0.2) is 0 Å². The molecule has 1 aliphatic carbocycles. The van der Waals surface area contributed by atoms with E-state index >= 15 is 0 Å². The zero-order chi connectivity index (χ0) is 17.7. The molecule has 0 unspecified atom stereocenters. The molecule has 6 heteroatoms. The van der Waals surface area contributed by atoms with Gasteiger partial charge in [-0.3, -0.25) is 9.59 Å². The van der Waals surface area contributed by atoms with Crippen molar-refractivity contribution in [1.82, 2.24) is 4.90 Å². The Labute approximate surface area is 147 Å². The van der Waals surface area contributed by atoms with E-state index in [4.69, 9.17) is 15.2 Å². The van der Waals surface area contributed by atoms with Gasteiger partial charge in [0.2, 0.25) is 11.8 Å². The maximum absolute atomic E-state index is 12.7. The van der Waals surface area contributed by atoms with Gasteiger partial charge >= 0.3 is 0 Å². The molecule has 0 atom stereocenters. The quantitative estimate of drug-likeness (QED) is 0.839. The van der Waals surface area contributed by atoms with Gasteiger partial charge < -0.3 is 20.1 Å². The Hall–Kier alpha value is -2.08. The van der Waals surface area contributed by atoms with Crippen LogP contribution in [-0.4, -0.2) is 43.5 Å². The number of nitrogens with two attached hydrogens (primary N) is 1. The Morgan fingerprint density at radius 1 is 1.20 bits per heavy atom. The fourth-order valence-corrected chi connectivity index (χ4v) is 4.26. The predicted molar refractivity (Wildman–Crippen MR) is 91.0 cm³/mol.